The zero-order valence-corrected chi connectivity index (χ0v) is 8.84. The van der Waals surface area contributed by atoms with Crippen LogP contribution in [0.2, 0.25) is 0 Å². The number of nitrogens with one attached hydrogen (secondary N) is 1. The third-order valence-electron chi connectivity index (χ3n) is 2.53. The molecular formula is C10H19NO3. The van der Waals surface area contributed by atoms with Crippen molar-refractivity contribution >= 4 is 5.91 Å². The van der Waals surface area contributed by atoms with E-state index in [1.165, 1.54) is 0 Å². The Morgan fingerprint density at radius 1 is 1.43 bits per heavy atom. The van der Waals surface area contributed by atoms with E-state index < -0.39 is 11.2 Å². The van der Waals surface area contributed by atoms with E-state index >= 15 is 0 Å². The molecule has 3 N–H and O–H groups in total. The molecule has 0 aromatic rings. The molecule has 1 rings (SSSR count). The van der Waals surface area contributed by atoms with Crippen LogP contribution in [0.4, 0.5) is 0 Å². The van der Waals surface area contributed by atoms with E-state index in [2.05, 4.69) is 5.32 Å². The highest BCUT2D eigenvalue weighted by atomic mass is 16.3. The van der Waals surface area contributed by atoms with Crippen molar-refractivity contribution in [3.05, 3.63) is 0 Å². The molecule has 4 nitrogen and oxygen atoms in total. The molecule has 0 radical (unpaired) electrons. The largest absolute Gasteiger partial charge is 0.389 e. The van der Waals surface area contributed by atoms with E-state index in [-0.39, 0.29) is 12.5 Å². The van der Waals surface area contributed by atoms with Crippen molar-refractivity contribution in [3.63, 3.8) is 0 Å². The van der Waals surface area contributed by atoms with Gasteiger partial charge in [0.15, 0.2) is 0 Å². The highest BCUT2D eigenvalue weighted by Gasteiger charge is 2.38. The average Bonchev–Trinajstić information content (AvgIpc) is 2.48. The molecule has 0 aliphatic heterocycles. The van der Waals surface area contributed by atoms with Gasteiger partial charge in [0.1, 0.15) is 5.60 Å². The van der Waals surface area contributed by atoms with Crippen LogP contribution in [-0.2, 0) is 4.79 Å². The van der Waals surface area contributed by atoms with Crippen LogP contribution in [0.3, 0.4) is 0 Å². The third-order valence-corrected chi connectivity index (χ3v) is 2.53. The van der Waals surface area contributed by atoms with Crippen LogP contribution in [-0.4, -0.2) is 33.9 Å². The lowest BCUT2D eigenvalue weighted by atomic mass is 10.0. The molecule has 1 amide bonds. The van der Waals surface area contributed by atoms with E-state index in [1.807, 2.05) is 0 Å². The normalized spacial score (nSPS) is 20.9. The van der Waals surface area contributed by atoms with Crippen LogP contribution < -0.4 is 5.32 Å². The van der Waals surface area contributed by atoms with Crippen LogP contribution in [0.5, 0.6) is 0 Å². The van der Waals surface area contributed by atoms with Crippen LogP contribution in [0.15, 0.2) is 0 Å². The summed E-state index contributed by atoms with van der Waals surface area (Å²) in [7, 11) is 0. The molecule has 1 aliphatic rings. The highest BCUT2D eigenvalue weighted by Crippen LogP contribution is 2.29. The summed E-state index contributed by atoms with van der Waals surface area (Å²) >= 11 is 0. The van der Waals surface area contributed by atoms with Crippen LogP contribution >= 0.6 is 0 Å². The van der Waals surface area contributed by atoms with Gasteiger partial charge < -0.3 is 15.5 Å². The summed E-state index contributed by atoms with van der Waals surface area (Å²) in [6, 6.07) is 0. The Balaban J connectivity index is 2.42. The lowest BCUT2D eigenvalue weighted by Gasteiger charge is -2.24. The Bertz CT molecular complexity index is 214. The molecule has 0 aromatic carbocycles. The van der Waals surface area contributed by atoms with Crippen molar-refractivity contribution in [1.29, 1.82) is 0 Å². The fraction of sp³-hybridized carbons (Fsp3) is 0.900. The first-order valence-corrected chi connectivity index (χ1v) is 5.07. The molecule has 0 heterocycles. The van der Waals surface area contributed by atoms with Crippen molar-refractivity contribution in [2.45, 2.75) is 50.7 Å². The van der Waals surface area contributed by atoms with E-state index in [1.54, 1.807) is 13.8 Å². The summed E-state index contributed by atoms with van der Waals surface area (Å²) in [6.45, 7) is 3.41. The van der Waals surface area contributed by atoms with Crippen molar-refractivity contribution < 1.29 is 15.0 Å². The molecule has 0 aromatic heterocycles. The number of aliphatic hydroxyl groups is 2. The standard InChI is InChI=1S/C10H19NO3/c1-9(2,13)7-11-8(12)10(14)5-3-4-6-10/h13-14H,3-7H2,1-2H3,(H,11,12). The summed E-state index contributed by atoms with van der Waals surface area (Å²) in [5.74, 6) is -0.350. The summed E-state index contributed by atoms with van der Waals surface area (Å²) < 4.78 is 0. The summed E-state index contributed by atoms with van der Waals surface area (Å²) in [5, 5.41) is 21.8. The molecular weight excluding hydrogens is 182 g/mol. The van der Waals surface area contributed by atoms with Crippen molar-refractivity contribution in [2.75, 3.05) is 6.54 Å². The molecule has 1 aliphatic carbocycles. The van der Waals surface area contributed by atoms with Gasteiger partial charge >= 0.3 is 0 Å². The number of amides is 1. The lowest BCUT2D eigenvalue weighted by molar-refractivity contribution is -0.140. The van der Waals surface area contributed by atoms with Gasteiger partial charge in [-0.1, -0.05) is 0 Å². The van der Waals surface area contributed by atoms with E-state index in [0.717, 1.165) is 12.8 Å². The predicted octanol–water partition coefficient (Wildman–Crippen LogP) is 0.179. The zero-order chi connectivity index (χ0) is 10.8. The molecule has 1 fully saturated rings. The van der Waals surface area contributed by atoms with Gasteiger partial charge in [0, 0.05) is 6.54 Å². The van der Waals surface area contributed by atoms with E-state index in [0.29, 0.717) is 12.8 Å². The molecule has 1 saturated carbocycles. The fourth-order valence-corrected chi connectivity index (χ4v) is 1.65. The maximum atomic E-state index is 11.5. The van der Waals surface area contributed by atoms with Crippen molar-refractivity contribution in [1.82, 2.24) is 5.32 Å². The molecule has 0 spiro atoms. The maximum Gasteiger partial charge on any atom is 0.252 e. The molecule has 0 unspecified atom stereocenters. The maximum absolute atomic E-state index is 11.5. The van der Waals surface area contributed by atoms with Crippen LogP contribution in [0.1, 0.15) is 39.5 Å². The molecule has 0 bridgehead atoms. The van der Waals surface area contributed by atoms with Gasteiger partial charge in [-0.25, -0.2) is 0 Å². The number of rotatable bonds is 3. The van der Waals surface area contributed by atoms with E-state index in [4.69, 9.17) is 0 Å². The van der Waals surface area contributed by atoms with Gasteiger partial charge in [-0.2, -0.15) is 0 Å². The van der Waals surface area contributed by atoms with Crippen LogP contribution in [0.25, 0.3) is 0 Å². The first-order chi connectivity index (χ1) is 6.33. The van der Waals surface area contributed by atoms with E-state index in [9.17, 15) is 15.0 Å². The predicted molar refractivity (Wildman–Crippen MR) is 52.7 cm³/mol. The van der Waals surface area contributed by atoms with Crippen molar-refractivity contribution in [3.8, 4) is 0 Å². The molecule has 14 heavy (non-hydrogen) atoms. The average molecular weight is 201 g/mol. The minimum absolute atomic E-state index is 0.175. The minimum Gasteiger partial charge on any atom is -0.389 e. The van der Waals surface area contributed by atoms with Gasteiger partial charge in [-0.15, -0.1) is 0 Å². The first-order valence-electron chi connectivity index (χ1n) is 5.07. The second-order valence-corrected chi connectivity index (χ2v) is 4.73. The molecule has 0 atom stereocenters. The fourth-order valence-electron chi connectivity index (χ4n) is 1.65. The SMILES string of the molecule is CC(C)(O)CNC(=O)C1(O)CCCC1. The smallest absolute Gasteiger partial charge is 0.252 e. The quantitative estimate of drug-likeness (QED) is 0.610. The Morgan fingerprint density at radius 2 is 1.93 bits per heavy atom. The van der Waals surface area contributed by atoms with Crippen molar-refractivity contribution in [2.24, 2.45) is 0 Å². The molecule has 82 valence electrons. The number of carbonyl (C=O) groups is 1. The number of hydrogen-bond acceptors (Lipinski definition) is 3. The molecule has 4 heteroatoms. The number of carbonyl (C=O) groups excluding carboxylic acids is 1. The van der Waals surface area contributed by atoms with Gasteiger partial charge in [0.2, 0.25) is 0 Å². The Kier molecular flexibility index (Phi) is 3.17. The first kappa shape index (κ1) is 11.5. The summed E-state index contributed by atoms with van der Waals surface area (Å²) in [5.41, 5.74) is -2.12. The van der Waals surface area contributed by atoms with Gasteiger partial charge in [-0.3, -0.25) is 4.79 Å². The molecule has 0 saturated heterocycles. The zero-order valence-electron chi connectivity index (χ0n) is 8.84. The Labute approximate surface area is 84.3 Å². The van der Waals surface area contributed by atoms with Crippen LogP contribution in [0, 0.1) is 0 Å². The third kappa shape index (κ3) is 2.96. The topological polar surface area (TPSA) is 69.6 Å². The summed E-state index contributed by atoms with van der Waals surface area (Å²) in [4.78, 5) is 11.5. The monoisotopic (exact) mass is 201 g/mol. The minimum atomic E-state index is -1.19. The number of hydrogen-bond donors (Lipinski definition) is 3. The highest BCUT2D eigenvalue weighted by molar-refractivity contribution is 5.85. The Hall–Kier alpha value is -0.610. The van der Waals surface area contributed by atoms with Gasteiger partial charge in [0.25, 0.3) is 5.91 Å². The second-order valence-electron chi connectivity index (χ2n) is 4.73. The lowest BCUT2D eigenvalue weighted by Crippen LogP contribution is -2.48. The summed E-state index contributed by atoms with van der Waals surface area (Å²) in [6.07, 6.45) is 2.86. The van der Waals surface area contributed by atoms with Gasteiger partial charge in [-0.05, 0) is 39.5 Å². The van der Waals surface area contributed by atoms with Gasteiger partial charge in [0.05, 0.1) is 5.60 Å². The Morgan fingerprint density at radius 3 is 2.36 bits per heavy atom. The second kappa shape index (κ2) is 3.87.